The van der Waals surface area contributed by atoms with Gasteiger partial charge in [0, 0.05) is 12.5 Å². The topological polar surface area (TPSA) is 60.3 Å². The summed E-state index contributed by atoms with van der Waals surface area (Å²) in [5, 5.41) is 0. The van der Waals surface area contributed by atoms with Gasteiger partial charge in [-0.25, -0.2) is 8.42 Å². The van der Waals surface area contributed by atoms with Crippen LogP contribution in [0, 0.1) is 0 Å². The Balaban J connectivity index is 1.70. The Morgan fingerprint density at radius 1 is 1.04 bits per heavy atom. The van der Waals surface area contributed by atoms with Gasteiger partial charge in [-0.1, -0.05) is 30.3 Å². The van der Waals surface area contributed by atoms with Crippen LogP contribution in [0.5, 0.6) is 11.5 Å². The van der Waals surface area contributed by atoms with Crippen LogP contribution in [-0.2, 0) is 10.0 Å². The largest absolute Gasteiger partial charge is 0.490 e. The molecular weight excluding hydrogens is 364 g/mol. The number of ether oxygens (including phenoxy) is 2. The van der Waals surface area contributed by atoms with Crippen LogP contribution in [0.3, 0.4) is 0 Å². The highest BCUT2D eigenvalue weighted by atomic mass is 32.2. The van der Waals surface area contributed by atoms with Crippen molar-refractivity contribution in [1.29, 1.82) is 0 Å². The molecule has 27 heavy (non-hydrogen) atoms. The van der Waals surface area contributed by atoms with Gasteiger partial charge in [0.2, 0.25) is 10.0 Å². The smallest absolute Gasteiger partial charge is 0.244 e. The average Bonchev–Trinajstić information content (AvgIpc) is 2.93. The minimum absolute atomic E-state index is 0.180. The molecule has 2 aromatic carbocycles. The van der Waals surface area contributed by atoms with Crippen molar-refractivity contribution in [3.05, 3.63) is 54.1 Å². The zero-order chi connectivity index (χ0) is 18.9. The fourth-order valence-electron chi connectivity index (χ4n) is 3.68. The summed E-state index contributed by atoms with van der Waals surface area (Å²) in [4.78, 5) is 1.58. The van der Waals surface area contributed by atoms with Crippen molar-refractivity contribution in [3.63, 3.8) is 0 Å². The van der Waals surface area contributed by atoms with Crippen molar-refractivity contribution < 1.29 is 22.8 Å². The maximum Gasteiger partial charge on any atom is 0.244 e. The lowest BCUT2D eigenvalue weighted by Crippen LogP contribution is -3.12. The van der Waals surface area contributed by atoms with Crippen molar-refractivity contribution in [2.75, 3.05) is 39.9 Å². The molecule has 7 heteroatoms. The Labute approximate surface area is 160 Å². The van der Waals surface area contributed by atoms with Crippen molar-refractivity contribution in [2.45, 2.75) is 17.4 Å². The lowest BCUT2D eigenvalue weighted by atomic mass is 10.1. The van der Waals surface area contributed by atoms with Gasteiger partial charge < -0.3 is 14.4 Å². The minimum Gasteiger partial charge on any atom is -0.490 e. The zero-order valence-corrected chi connectivity index (χ0v) is 16.2. The monoisotopic (exact) mass is 389 g/mol. The summed E-state index contributed by atoms with van der Waals surface area (Å²) in [6.07, 6.45) is 0.786. The van der Waals surface area contributed by atoms with E-state index in [4.69, 9.17) is 9.47 Å². The molecule has 0 aromatic heterocycles. The summed E-state index contributed by atoms with van der Waals surface area (Å²) < 4.78 is 39.9. The SMILES string of the molecule is C[NH+]1CCN(S(=O)(=O)c2ccc3c(c2)OCCCO3)[C@H](c2ccccc2)C1. The molecule has 0 radical (unpaired) electrons. The lowest BCUT2D eigenvalue weighted by molar-refractivity contribution is -0.887. The van der Waals surface area contributed by atoms with Gasteiger partial charge >= 0.3 is 0 Å². The van der Waals surface area contributed by atoms with Gasteiger partial charge in [-0.05, 0) is 17.7 Å². The molecule has 1 unspecified atom stereocenters. The number of benzene rings is 2. The third kappa shape index (κ3) is 3.67. The Hall–Kier alpha value is -2.09. The van der Waals surface area contributed by atoms with Gasteiger partial charge in [0.25, 0.3) is 0 Å². The van der Waals surface area contributed by atoms with E-state index in [0.717, 1.165) is 25.1 Å². The van der Waals surface area contributed by atoms with E-state index in [1.165, 1.54) is 4.90 Å². The van der Waals surface area contributed by atoms with Gasteiger partial charge in [-0.3, -0.25) is 0 Å². The average molecular weight is 389 g/mol. The fourth-order valence-corrected chi connectivity index (χ4v) is 5.31. The molecule has 1 saturated heterocycles. The van der Waals surface area contributed by atoms with Gasteiger partial charge in [-0.2, -0.15) is 4.31 Å². The summed E-state index contributed by atoms with van der Waals surface area (Å²) in [6.45, 7) is 3.13. The van der Waals surface area contributed by atoms with Crippen LogP contribution < -0.4 is 14.4 Å². The third-order valence-electron chi connectivity index (χ3n) is 5.16. The second kappa shape index (κ2) is 7.50. The fraction of sp³-hybridized carbons (Fsp3) is 0.400. The maximum absolute atomic E-state index is 13.5. The molecule has 2 aliphatic rings. The molecule has 2 heterocycles. The molecule has 144 valence electrons. The van der Waals surface area contributed by atoms with Crippen molar-refractivity contribution >= 4 is 10.0 Å². The predicted octanol–water partition coefficient (Wildman–Crippen LogP) is 1.11. The van der Waals surface area contributed by atoms with E-state index >= 15 is 0 Å². The highest BCUT2D eigenvalue weighted by molar-refractivity contribution is 7.89. The summed E-state index contributed by atoms with van der Waals surface area (Å²) in [7, 11) is -1.54. The van der Waals surface area contributed by atoms with E-state index < -0.39 is 10.0 Å². The molecule has 1 N–H and O–H groups in total. The number of likely N-dealkylation sites (N-methyl/N-ethyl adjacent to an activating group) is 1. The molecule has 2 aromatic rings. The van der Waals surface area contributed by atoms with Gasteiger partial charge in [-0.15, -0.1) is 0 Å². The number of hydrogen-bond acceptors (Lipinski definition) is 4. The van der Waals surface area contributed by atoms with Crippen molar-refractivity contribution in [2.24, 2.45) is 0 Å². The Kier molecular flexibility index (Phi) is 5.08. The number of piperazine rings is 1. The standard InChI is InChI=1S/C20H24N2O4S/c1-21-10-11-22(18(15-21)16-6-3-2-4-7-16)27(23,24)17-8-9-19-20(14-17)26-13-5-12-25-19/h2-4,6-9,14,18H,5,10-13,15H2,1H3/p+1/t18-/m0/s1. The van der Waals surface area contributed by atoms with E-state index in [9.17, 15) is 8.42 Å². The number of sulfonamides is 1. The summed E-state index contributed by atoms with van der Waals surface area (Å²) >= 11 is 0. The normalized spacial score (nSPS) is 23.6. The molecule has 4 rings (SSSR count). The molecule has 0 amide bonds. The summed E-state index contributed by atoms with van der Waals surface area (Å²) in [5.74, 6) is 1.11. The number of quaternary nitrogens is 1. The van der Waals surface area contributed by atoms with Crippen molar-refractivity contribution in [3.8, 4) is 11.5 Å². The Morgan fingerprint density at radius 2 is 1.78 bits per heavy atom. The Morgan fingerprint density at radius 3 is 2.56 bits per heavy atom. The predicted molar refractivity (Wildman–Crippen MR) is 102 cm³/mol. The van der Waals surface area contributed by atoms with Crippen LogP contribution >= 0.6 is 0 Å². The molecule has 2 aliphatic heterocycles. The highest BCUT2D eigenvalue weighted by Gasteiger charge is 2.38. The van der Waals surface area contributed by atoms with Gasteiger partial charge in [0.05, 0.1) is 50.8 Å². The minimum atomic E-state index is -3.64. The molecule has 0 saturated carbocycles. The van der Waals surface area contributed by atoms with E-state index in [0.29, 0.717) is 31.3 Å². The van der Waals surface area contributed by atoms with Crippen LogP contribution in [0.1, 0.15) is 18.0 Å². The van der Waals surface area contributed by atoms with Crippen LogP contribution in [0.15, 0.2) is 53.4 Å². The number of rotatable bonds is 3. The van der Waals surface area contributed by atoms with Gasteiger partial charge in [0.15, 0.2) is 11.5 Å². The van der Waals surface area contributed by atoms with Crippen LogP contribution in [0.25, 0.3) is 0 Å². The van der Waals surface area contributed by atoms with Crippen LogP contribution in [-0.4, -0.2) is 52.6 Å². The molecular formula is C20H25N2O4S+. The van der Waals surface area contributed by atoms with Crippen molar-refractivity contribution in [1.82, 2.24) is 4.31 Å². The van der Waals surface area contributed by atoms with E-state index in [-0.39, 0.29) is 10.9 Å². The van der Waals surface area contributed by atoms with E-state index in [1.54, 1.807) is 22.5 Å². The first-order valence-electron chi connectivity index (χ1n) is 9.33. The van der Waals surface area contributed by atoms with Crippen LogP contribution in [0.4, 0.5) is 0 Å². The second-order valence-electron chi connectivity index (χ2n) is 7.11. The molecule has 1 fully saturated rings. The first-order chi connectivity index (χ1) is 13.1. The maximum atomic E-state index is 13.5. The first kappa shape index (κ1) is 18.3. The number of nitrogens with one attached hydrogen (secondary N) is 1. The third-order valence-corrected chi connectivity index (χ3v) is 7.06. The van der Waals surface area contributed by atoms with E-state index in [1.807, 2.05) is 30.3 Å². The highest BCUT2D eigenvalue weighted by Crippen LogP contribution is 2.35. The zero-order valence-electron chi connectivity index (χ0n) is 15.4. The molecule has 0 bridgehead atoms. The number of nitrogens with zero attached hydrogens (tertiary/aromatic N) is 1. The molecule has 0 aliphatic carbocycles. The van der Waals surface area contributed by atoms with Crippen LogP contribution in [0.2, 0.25) is 0 Å². The lowest BCUT2D eigenvalue weighted by Gasteiger charge is -2.37. The second-order valence-corrected chi connectivity index (χ2v) is 9.00. The van der Waals surface area contributed by atoms with E-state index in [2.05, 4.69) is 7.05 Å². The molecule has 6 nitrogen and oxygen atoms in total. The summed E-state index contributed by atoms with van der Waals surface area (Å²) in [6, 6.07) is 14.6. The van der Waals surface area contributed by atoms with Gasteiger partial charge in [0.1, 0.15) is 0 Å². The number of fused-ring (bicyclic) bond motifs is 1. The quantitative estimate of drug-likeness (QED) is 0.854. The Bertz CT molecular complexity index is 901. The molecule has 0 spiro atoms. The number of hydrogen-bond donors (Lipinski definition) is 1. The first-order valence-corrected chi connectivity index (χ1v) is 10.8. The summed E-state index contributed by atoms with van der Waals surface area (Å²) in [5.41, 5.74) is 1.02. The molecule has 2 atom stereocenters.